The molecular formula is C28H36O2Si2. The Kier molecular flexibility index (Phi) is 7.57. The largest absolute Gasteiger partial charge is 0.469 e. The van der Waals surface area contributed by atoms with E-state index < -0.39 is 16.1 Å². The molecule has 168 valence electrons. The number of hydrogen-bond acceptors (Lipinski definition) is 2. The smallest absolute Gasteiger partial charge is 0.308 e. The molecule has 0 saturated heterocycles. The van der Waals surface area contributed by atoms with Crippen LogP contribution in [0.3, 0.4) is 0 Å². The second kappa shape index (κ2) is 10.0. The highest BCUT2D eigenvalue weighted by Gasteiger charge is 2.49. The average Bonchev–Trinajstić information content (AvgIpc) is 2.83. The van der Waals surface area contributed by atoms with E-state index in [1.54, 1.807) is 0 Å². The summed E-state index contributed by atoms with van der Waals surface area (Å²) in [5.41, 5.74) is 1.57. The van der Waals surface area contributed by atoms with Crippen molar-refractivity contribution in [2.24, 2.45) is 5.92 Å². The highest BCUT2D eigenvalue weighted by molar-refractivity contribution is 6.92. The standard InChI is InChI=1S/C28H36O2Si2/c1-22(31(3,4)24-18-12-8-13-19-24)26(28(29)30-2)27(23-16-10-7-11-17-23)32(5,6)25-20-14-9-15-21-25/h7-22,26-27H,1-6H3/t22-,26+,27+/m0/s1. The van der Waals surface area contributed by atoms with Crippen molar-refractivity contribution in [2.45, 2.75) is 44.2 Å². The number of rotatable bonds is 8. The molecule has 0 aliphatic heterocycles. The van der Waals surface area contributed by atoms with Crippen LogP contribution in [0.25, 0.3) is 0 Å². The lowest BCUT2D eigenvalue weighted by atomic mass is 9.95. The molecule has 0 amide bonds. The summed E-state index contributed by atoms with van der Waals surface area (Å²) < 4.78 is 5.50. The summed E-state index contributed by atoms with van der Waals surface area (Å²) in [6.07, 6.45) is 0. The summed E-state index contributed by atoms with van der Waals surface area (Å²) in [4.78, 5) is 13.5. The van der Waals surface area contributed by atoms with Gasteiger partial charge in [0.2, 0.25) is 0 Å². The molecular weight excluding hydrogens is 424 g/mol. The average molecular weight is 461 g/mol. The summed E-state index contributed by atoms with van der Waals surface area (Å²) >= 11 is 0. The Morgan fingerprint density at radius 3 is 1.53 bits per heavy atom. The minimum absolute atomic E-state index is 0.0839. The van der Waals surface area contributed by atoms with E-state index in [-0.39, 0.29) is 23.0 Å². The quantitative estimate of drug-likeness (QED) is 0.317. The van der Waals surface area contributed by atoms with E-state index in [2.05, 4.69) is 124 Å². The van der Waals surface area contributed by atoms with Crippen molar-refractivity contribution in [1.29, 1.82) is 0 Å². The van der Waals surface area contributed by atoms with Crippen molar-refractivity contribution < 1.29 is 9.53 Å². The molecule has 0 aliphatic rings. The van der Waals surface area contributed by atoms with Gasteiger partial charge in [-0.1, -0.05) is 134 Å². The van der Waals surface area contributed by atoms with Gasteiger partial charge in [0.25, 0.3) is 0 Å². The second-order valence-electron chi connectivity index (χ2n) is 9.90. The molecule has 3 aromatic rings. The van der Waals surface area contributed by atoms with Crippen molar-refractivity contribution in [3.63, 3.8) is 0 Å². The van der Waals surface area contributed by atoms with E-state index in [1.165, 1.54) is 23.0 Å². The van der Waals surface area contributed by atoms with Crippen LogP contribution in [0, 0.1) is 5.92 Å². The molecule has 4 heteroatoms. The van der Waals surface area contributed by atoms with Crippen molar-refractivity contribution in [2.75, 3.05) is 7.11 Å². The van der Waals surface area contributed by atoms with Crippen molar-refractivity contribution in [1.82, 2.24) is 0 Å². The number of carbonyl (C=O) groups is 1. The Labute approximate surface area is 195 Å². The number of methoxy groups -OCH3 is 1. The van der Waals surface area contributed by atoms with E-state index in [9.17, 15) is 4.79 Å². The van der Waals surface area contributed by atoms with E-state index in [1.807, 2.05) is 0 Å². The normalized spacial score (nSPS) is 14.9. The first-order valence-corrected chi connectivity index (χ1v) is 17.6. The number of esters is 1. The number of ether oxygens (including phenoxy) is 1. The Hall–Kier alpha value is -2.44. The Morgan fingerprint density at radius 2 is 1.09 bits per heavy atom. The van der Waals surface area contributed by atoms with E-state index in [0.717, 1.165) is 0 Å². The molecule has 0 fully saturated rings. The van der Waals surface area contributed by atoms with Crippen molar-refractivity contribution in [3.8, 4) is 0 Å². The predicted molar refractivity (Wildman–Crippen MR) is 141 cm³/mol. The molecule has 0 bridgehead atoms. The minimum atomic E-state index is -2.11. The van der Waals surface area contributed by atoms with E-state index >= 15 is 0 Å². The first-order valence-electron chi connectivity index (χ1n) is 11.4. The fourth-order valence-electron chi connectivity index (χ4n) is 5.13. The van der Waals surface area contributed by atoms with E-state index in [0.29, 0.717) is 0 Å². The summed E-state index contributed by atoms with van der Waals surface area (Å²) in [7, 11) is -2.55. The lowest BCUT2D eigenvalue weighted by molar-refractivity contribution is -0.145. The zero-order valence-electron chi connectivity index (χ0n) is 20.2. The van der Waals surface area contributed by atoms with Crippen LogP contribution in [0.4, 0.5) is 0 Å². The maximum Gasteiger partial charge on any atom is 0.308 e. The van der Waals surface area contributed by atoms with Gasteiger partial charge in [0.05, 0.1) is 29.2 Å². The molecule has 0 N–H and O–H groups in total. The zero-order chi connectivity index (χ0) is 23.4. The Balaban J connectivity index is 2.19. The molecule has 2 nitrogen and oxygen atoms in total. The lowest BCUT2D eigenvalue weighted by Crippen LogP contribution is -2.56. The van der Waals surface area contributed by atoms with Crippen LogP contribution in [0.5, 0.6) is 0 Å². The Bertz CT molecular complexity index is 1000. The first-order chi connectivity index (χ1) is 15.2. The van der Waals surface area contributed by atoms with Crippen LogP contribution >= 0.6 is 0 Å². The van der Waals surface area contributed by atoms with Gasteiger partial charge in [0, 0.05) is 0 Å². The first kappa shape index (κ1) is 24.2. The molecule has 0 saturated carbocycles. The molecule has 32 heavy (non-hydrogen) atoms. The van der Waals surface area contributed by atoms with Gasteiger partial charge in [-0.25, -0.2) is 0 Å². The molecule has 0 aliphatic carbocycles. The molecule has 0 spiro atoms. The molecule has 3 atom stereocenters. The molecule has 3 aromatic carbocycles. The van der Waals surface area contributed by atoms with E-state index in [4.69, 9.17) is 4.74 Å². The monoisotopic (exact) mass is 460 g/mol. The third kappa shape index (κ3) is 4.81. The summed E-state index contributed by atoms with van der Waals surface area (Å²) in [5, 5.41) is 2.75. The van der Waals surface area contributed by atoms with Gasteiger partial charge in [-0.3, -0.25) is 4.79 Å². The van der Waals surface area contributed by atoms with Crippen LogP contribution in [0.2, 0.25) is 31.7 Å². The predicted octanol–water partition coefficient (Wildman–Crippen LogP) is 5.72. The van der Waals surface area contributed by atoms with Crippen LogP contribution in [0.1, 0.15) is 18.0 Å². The summed E-state index contributed by atoms with van der Waals surface area (Å²) in [6.45, 7) is 11.9. The van der Waals surface area contributed by atoms with Gasteiger partial charge in [-0.2, -0.15) is 0 Å². The van der Waals surface area contributed by atoms with Gasteiger partial charge in [-0.15, -0.1) is 0 Å². The van der Waals surface area contributed by atoms with Gasteiger partial charge >= 0.3 is 5.97 Å². The van der Waals surface area contributed by atoms with Crippen molar-refractivity contribution >= 4 is 32.5 Å². The van der Waals surface area contributed by atoms with Gasteiger partial charge in [-0.05, 0) is 16.6 Å². The number of benzene rings is 3. The fourth-order valence-corrected chi connectivity index (χ4v) is 11.9. The lowest BCUT2D eigenvalue weighted by Gasteiger charge is -2.44. The number of carbonyl (C=O) groups excluding carboxylic acids is 1. The second-order valence-corrected chi connectivity index (χ2v) is 19.5. The zero-order valence-corrected chi connectivity index (χ0v) is 22.2. The van der Waals surface area contributed by atoms with Crippen LogP contribution in [-0.4, -0.2) is 29.2 Å². The van der Waals surface area contributed by atoms with Crippen molar-refractivity contribution in [3.05, 3.63) is 96.6 Å². The highest BCUT2D eigenvalue weighted by Crippen LogP contribution is 2.44. The minimum Gasteiger partial charge on any atom is -0.469 e. The van der Waals surface area contributed by atoms with Gasteiger partial charge in [0.1, 0.15) is 0 Å². The third-order valence-corrected chi connectivity index (χ3v) is 16.0. The van der Waals surface area contributed by atoms with Gasteiger partial charge < -0.3 is 4.74 Å². The number of hydrogen-bond donors (Lipinski definition) is 0. The van der Waals surface area contributed by atoms with Crippen LogP contribution < -0.4 is 10.4 Å². The molecule has 3 rings (SSSR count). The molecule has 0 radical (unpaired) electrons. The van der Waals surface area contributed by atoms with Crippen LogP contribution in [-0.2, 0) is 9.53 Å². The topological polar surface area (TPSA) is 26.3 Å². The molecule has 0 aromatic heterocycles. The van der Waals surface area contributed by atoms with Crippen LogP contribution in [0.15, 0.2) is 91.0 Å². The third-order valence-electron chi connectivity index (χ3n) is 7.48. The summed E-state index contributed by atoms with van der Waals surface area (Å²) in [5.74, 6) is -0.287. The maximum atomic E-state index is 13.5. The molecule has 0 heterocycles. The highest BCUT2D eigenvalue weighted by atomic mass is 28.3. The summed E-state index contributed by atoms with van der Waals surface area (Å²) in [6, 6.07) is 32.2. The maximum absolute atomic E-state index is 13.5. The fraction of sp³-hybridized carbons (Fsp3) is 0.321. The molecule has 0 unspecified atom stereocenters. The Morgan fingerprint density at radius 1 is 0.688 bits per heavy atom. The SMILES string of the molecule is COC(=O)[C@@H]([C@@H](c1ccccc1)[Si](C)(C)c1ccccc1)[C@H](C)[Si](C)(C)c1ccccc1. The van der Waals surface area contributed by atoms with Gasteiger partial charge in [0.15, 0.2) is 0 Å².